The molecule has 0 bridgehead atoms. The first-order valence-corrected chi connectivity index (χ1v) is 7.65. The van der Waals surface area contributed by atoms with Gasteiger partial charge in [-0.3, -0.25) is 0 Å². The zero-order chi connectivity index (χ0) is 13.7. The molecule has 0 amide bonds. The molecule has 2 rings (SSSR count). The second-order valence-corrected chi connectivity index (χ2v) is 5.45. The summed E-state index contributed by atoms with van der Waals surface area (Å²) in [6.07, 6.45) is 3.49. The number of phenolic OH excluding ortho intramolecular Hbond substituents is 1. The first-order valence-electron chi connectivity index (χ1n) is 5.61. The minimum Gasteiger partial charge on any atom is -0.504 e. The first-order chi connectivity index (χ1) is 9.24. The van der Waals surface area contributed by atoms with Gasteiger partial charge in [-0.1, -0.05) is 29.2 Å². The Bertz CT molecular complexity index is 584. The molecule has 0 fully saturated rings. The van der Waals surface area contributed by atoms with Crippen molar-refractivity contribution in [1.82, 2.24) is 10.2 Å². The summed E-state index contributed by atoms with van der Waals surface area (Å²) >= 11 is 2.93. The Morgan fingerprint density at radius 3 is 3.00 bits per heavy atom. The van der Waals surface area contributed by atoms with Gasteiger partial charge in [0.15, 0.2) is 15.8 Å². The van der Waals surface area contributed by atoms with E-state index in [1.54, 1.807) is 24.4 Å². The maximum atomic E-state index is 10.00. The van der Waals surface area contributed by atoms with Crippen LogP contribution >= 0.6 is 23.1 Å². The van der Waals surface area contributed by atoms with E-state index in [1.165, 1.54) is 23.1 Å². The van der Waals surface area contributed by atoms with E-state index in [1.807, 2.05) is 13.2 Å². The van der Waals surface area contributed by atoms with Gasteiger partial charge in [0.05, 0.1) is 6.61 Å². The first kappa shape index (κ1) is 13.8. The van der Waals surface area contributed by atoms with Crippen LogP contribution in [0.25, 0.3) is 0 Å². The summed E-state index contributed by atoms with van der Waals surface area (Å²) in [4.78, 5) is 4.20. The minimum absolute atomic E-state index is 0.0858. The van der Waals surface area contributed by atoms with Crippen LogP contribution in [0.5, 0.6) is 11.5 Å². The Balaban J connectivity index is 2.20. The van der Waals surface area contributed by atoms with Gasteiger partial charge in [0, 0.05) is 11.8 Å². The number of hydrogen-bond donors (Lipinski definition) is 1. The molecule has 1 aromatic heterocycles. The summed E-state index contributed by atoms with van der Waals surface area (Å²) in [5.41, 5.74) is 0.590. The number of benzene rings is 1. The highest BCUT2D eigenvalue weighted by atomic mass is 32.2. The van der Waals surface area contributed by atoms with E-state index in [0.717, 1.165) is 4.34 Å². The zero-order valence-electron chi connectivity index (χ0n) is 10.5. The summed E-state index contributed by atoms with van der Waals surface area (Å²) in [6.45, 7) is 2.37. The molecule has 2 aromatic rings. The average molecular weight is 295 g/mol. The highest BCUT2D eigenvalue weighted by Crippen LogP contribution is 2.30. The predicted octanol–water partition coefficient (Wildman–Crippen LogP) is 3.11. The van der Waals surface area contributed by atoms with Crippen molar-refractivity contribution in [1.29, 1.82) is 0 Å². The van der Waals surface area contributed by atoms with Gasteiger partial charge in [0.1, 0.15) is 0 Å². The van der Waals surface area contributed by atoms with Crippen LogP contribution in [0.3, 0.4) is 0 Å². The maximum absolute atomic E-state index is 10.00. The number of nitrogens with zero attached hydrogens (tertiary/aromatic N) is 3. The number of aliphatic imine (C=N–C) groups is 1. The molecule has 7 heteroatoms. The van der Waals surface area contributed by atoms with Crippen LogP contribution in [-0.2, 0) is 0 Å². The number of para-hydroxylation sites is 1. The van der Waals surface area contributed by atoms with Crippen LogP contribution in [-0.4, -0.2) is 34.4 Å². The topological polar surface area (TPSA) is 67.6 Å². The van der Waals surface area contributed by atoms with E-state index >= 15 is 0 Å². The van der Waals surface area contributed by atoms with Crippen molar-refractivity contribution in [2.45, 2.75) is 11.3 Å². The van der Waals surface area contributed by atoms with Crippen LogP contribution in [0.1, 0.15) is 12.5 Å². The van der Waals surface area contributed by atoms with Crippen molar-refractivity contribution in [3.63, 3.8) is 0 Å². The fraction of sp³-hybridized carbons (Fsp3) is 0.250. The fourth-order valence-corrected chi connectivity index (χ4v) is 2.48. The Hall–Kier alpha value is -1.60. The summed E-state index contributed by atoms with van der Waals surface area (Å²) < 4.78 is 6.17. The summed E-state index contributed by atoms with van der Waals surface area (Å²) in [6, 6.07) is 5.28. The van der Waals surface area contributed by atoms with Gasteiger partial charge in [0.25, 0.3) is 0 Å². The fourth-order valence-electron chi connectivity index (χ4n) is 1.38. The number of ether oxygens (including phenoxy) is 1. The molecular weight excluding hydrogens is 282 g/mol. The van der Waals surface area contributed by atoms with Crippen LogP contribution in [0.15, 0.2) is 27.5 Å². The Kier molecular flexibility index (Phi) is 4.75. The van der Waals surface area contributed by atoms with Crippen molar-refractivity contribution in [2.24, 2.45) is 4.99 Å². The lowest BCUT2D eigenvalue weighted by Crippen LogP contribution is -1.93. The second kappa shape index (κ2) is 6.53. The van der Waals surface area contributed by atoms with Crippen LogP contribution in [0.2, 0.25) is 0 Å². The largest absolute Gasteiger partial charge is 0.504 e. The van der Waals surface area contributed by atoms with Crippen molar-refractivity contribution in [3.05, 3.63) is 23.8 Å². The van der Waals surface area contributed by atoms with Gasteiger partial charge in [-0.2, -0.15) is 0 Å². The molecule has 0 aliphatic heterocycles. The van der Waals surface area contributed by atoms with Crippen molar-refractivity contribution >= 4 is 34.4 Å². The third kappa shape index (κ3) is 3.45. The molecule has 5 nitrogen and oxygen atoms in total. The lowest BCUT2D eigenvalue weighted by atomic mass is 10.2. The highest BCUT2D eigenvalue weighted by Gasteiger charge is 2.06. The number of rotatable bonds is 5. The Labute approximate surface area is 119 Å². The van der Waals surface area contributed by atoms with Gasteiger partial charge in [-0.25, -0.2) is 4.99 Å². The van der Waals surface area contributed by atoms with E-state index < -0.39 is 0 Å². The summed E-state index contributed by atoms with van der Waals surface area (Å²) in [7, 11) is 0. The van der Waals surface area contributed by atoms with Crippen molar-refractivity contribution in [2.75, 3.05) is 12.9 Å². The smallest absolute Gasteiger partial charge is 0.232 e. The summed E-state index contributed by atoms with van der Waals surface area (Å²) in [5.74, 6) is 0.538. The minimum atomic E-state index is 0.0858. The van der Waals surface area contributed by atoms with E-state index in [9.17, 15) is 5.11 Å². The van der Waals surface area contributed by atoms with E-state index in [2.05, 4.69) is 15.2 Å². The van der Waals surface area contributed by atoms with Crippen LogP contribution < -0.4 is 4.74 Å². The lowest BCUT2D eigenvalue weighted by Gasteiger charge is -2.06. The quantitative estimate of drug-likeness (QED) is 0.678. The van der Waals surface area contributed by atoms with Gasteiger partial charge >= 0.3 is 0 Å². The second-order valence-electron chi connectivity index (χ2n) is 3.44. The number of aromatic hydroxyl groups is 1. The van der Waals surface area contributed by atoms with Crippen LogP contribution in [0, 0.1) is 0 Å². The van der Waals surface area contributed by atoms with Crippen LogP contribution in [0.4, 0.5) is 5.13 Å². The van der Waals surface area contributed by atoms with Gasteiger partial charge < -0.3 is 9.84 Å². The van der Waals surface area contributed by atoms with Gasteiger partial charge in [-0.05, 0) is 25.3 Å². The molecule has 0 radical (unpaired) electrons. The number of phenols is 1. The molecule has 1 aromatic carbocycles. The highest BCUT2D eigenvalue weighted by molar-refractivity contribution is 8.00. The molecular formula is C12H13N3O2S2. The molecule has 1 N–H and O–H groups in total. The number of hydrogen-bond acceptors (Lipinski definition) is 7. The molecule has 1 heterocycles. The van der Waals surface area contributed by atoms with Gasteiger partial charge in [-0.15, -0.1) is 10.2 Å². The molecule has 0 saturated carbocycles. The van der Waals surface area contributed by atoms with Crippen molar-refractivity contribution in [3.8, 4) is 11.5 Å². The Morgan fingerprint density at radius 1 is 1.47 bits per heavy atom. The predicted molar refractivity (Wildman–Crippen MR) is 78.2 cm³/mol. The van der Waals surface area contributed by atoms with E-state index in [-0.39, 0.29) is 5.75 Å². The standard InChI is InChI=1S/C12H13N3O2S2/c1-3-17-9-6-4-5-8(10(9)16)7-13-11-14-15-12(18-2)19-11/h4-7,16H,3H2,1-2H3/b13-7+. The van der Waals surface area contributed by atoms with Gasteiger partial charge in [0.2, 0.25) is 5.13 Å². The number of thioether (sulfide) groups is 1. The molecule has 19 heavy (non-hydrogen) atoms. The molecule has 0 unspecified atom stereocenters. The normalized spacial score (nSPS) is 11.1. The SMILES string of the molecule is CCOc1cccc(/C=N/c2nnc(SC)s2)c1O. The zero-order valence-corrected chi connectivity index (χ0v) is 12.2. The lowest BCUT2D eigenvalue weighted by molar-refractivity contribution is 0.318. The third-order valence-corrected chi connectivity index (χ3v) is 4.02. The Morgan fingerprint density at radius 2 is 2.32 bits per heavy atom. The maximum Gasteiger partial charge on any atom is 0.232 e. The third-order valence-electron chi connectivity index (χ3n) is 2.21. The summed E-state index contributed by atoms with van der Waals surface area (Å²) in [5, 5.41) is 18.4. The van der Waals surface area contributed by atoms with Crippen molar-refractivity contribution < 1.29 is 9.84 Å². The molecule has 0 spiro atoms. The molecule has 0 saturated heterocycles. The molecule has 0 aliphatic rings. The molecule has 0 atom stereocenters. The monoisotopic (exact) mass is 295 g/mol. The molecule has 0 aliphatic carbocycles. The number of aromatic nitrogens is 2. The van der Waals surface area contributed by atoms with E-state index in [4.69, 9.17) is 4.74 Å². The van der Waals surface area contributed by atoms with E-state index in [0.29, 0.717) is 23.1 Å². The molecule has 100 valence electrons. The average Bonchev–Trinajstić information content (AvgIpc) is 2.88.